The molecule has 0 radical (unpaired) electrons. The van der Waals surface area contributed by atoms with Crippen LogP contribution in [0.15, 0.2) is 0 Å². The molecule has 19 N–H and O–H groups in total. The lowest BCUT2D eigenvalue weighted by atomic mass is 9.82. The third kappa shape index (κ3) is 10.2. The topological polar surface area (TPSA) is 396 Å². The Morgan fingerprint density at radius 3 is 1.75 bits per heavy atom. The number of hydrogen-bond donors (Lipinski definition) is 16. The van der Waals surface area contributed by atoms with Crippen LogP contribution in [0.1, 0.15) is 13.3 Å². The second kappa shape index (κ2) is 18.7. The number of nitrogens with one attached hydrogen (secondary N) is 4. The van der Waals surface area contributed by atoms with Gasteiger partial charge in [0, 0.05) is 26.2 Å². The molecule has 3 amide bonds. The van der Waals surface area contributed by atoms with Crippen molar-refractivity contribution in [3.8, 4) is 0 Å². The summed E-state index contributed by atoms with van der Waals surface area (Å²) in [5, 5.41) is 105. The maximum absolute atomic E-state index is 12.8. The number of aliphatic hydroxyl groups is 9. The van der Waals surface area contributed by atoms with Crippen molar-refractivity contribution >= 4 is 17.7 Å². The zero-order chi connectivity index (χ0) is 38.4. The fourth-order valence-corrected chi connectivity index (χ4v) is 6.11. The molecule has 1 saturated carbocycles. The molecule has 3 fully saturated rings. The highest BCUT2D eigenvalue weighted by atomic mass is 16.7. The van der Waals surface area contributed by atoms with E-state index in [1.54, 1.807) is 0 Å². The van der Waals surface area contributed by atoms with E-state index < -0.39 is 147 Å². The molecule has 0 unspecified atom stereocenters. The van der Waals surface area contributed by atoms with Crippen LogP contribution in [0.4, 0.5) is 0 Å². The zero-order valence-corrected chi connectivity index (χ0v) is 28.1. The average molecular weight is 744 g/mol. The van der Waals surface area contributed by atoms with E-state index >= 15 is 0 Å². The number of ether oxygens (including phenoxy) is 4. The second-order valence-electron chi connectivity index (χ2n) is 13.0. The van der Waals surface area contributed by atoms with Crippen molar-refractivity contribution in [2.45, 2.75) is 117 Å². The van der Waals surface area contributed by atoms with Crippen LogP contribution in [-0.4, -0.2) is 207 Å². The lowest BCUT2D eigenvalue weighted by Gasteiger charge is -2.50. The fraction of sp³-hybridized carbons (Fsp3) is 0.893. The highest BCUT2D eigenvalue weighted by Crippen LogP contribution is 2.33. The first-order valence-corrected chi connectivity index (χ1v) is 16.3. The van der Waals surface area contributed by atoms with Crippen LogP contribution in [-0.2, 0) is 33.3 Å². The van der Waals surface area contributed by atoms with Crippen LogP contribution < -0.4 is 38.5 Å². The normalized spacial score (nSPS) is 40.5. The minimum atomic E-state index is -2.00. The van der Waals surface area contributed by atoms with Gasteiger partial charge in [-0.15, -0.1) is 0 Å². The van der Waals surface area contributed by atoms with Crippen LogP contribution in [0.3, 0.4) is 0 Å². The van der Waals surface area contributed by atoms with E-state index in [9.17, 15) is 60.3 Å². The summed E-state index contributed by atoms with van der Waals surface area (Å²) in [6, 6.07) is -3.71. The number of carbonyl (C=O) groups excluding carboxylic acids is 3. The van der Waals surface area contributed by atoms with Crippen molar-refractivity contribution in [3.63, 3.8) is 0 Å². The number of likely N-dealkylation sites (N-methyl/N-ethyl adjacent to an activating group) is 1. The molecule has 0 spiro atoms. The monoisotopic (exact) mass is 743 g/mol. The molecular weight excluding hydrogens is 690 g/mol. The van der Waals surface area contributed by atoms with E-state index in [0.717, 1.165) is 0 Å². The van der Waals surface area contributed by atoms with E-state index in [1.165, 1.54) is 14.0 Å². The number of amides is 3. The smallest absolute Gasteiger partial charge is 0.250 e. The van der Waals surface area contributed by atoms with Gasteiger partial charge in [-0.25, -0.2) is 0 Å². The average Bonchev–Trinajstić information content (AvgIpc) is 3.10. The molecule has 3 rings (SSSR count). The van der Waals surface area contributed by atoms with Gasteiger partial charge in [0.2, 0.25) is 17.7 Å². The third-order valence-electron chi connectivity index (χ3n) is 9.08. The molecule has 1 aliphatic carbocycles. The van der Waals surface area contributed by atoms with Gasteiger partial charge in [0.15, 0.2) is 12.6 Å². The van der Waals surface area contributed by atoms with Crippen molar-refractivity contribution in [3.05, 3.63) is 0 Å². The number of hydrogen-bond acceptors (Lipinski definition) is 20. The third-order valence-corrected chi connectivity index (χ3v) is 9.08. The Balaban J connectivity index is 1.98. The van der Waals surface area contributed by atoms with E-state index in [0.29, 0.717) is 0 Å². The Labute approximate surface area is 292 Å². The Hall–Kier alpha value is -2.27. The highest BCUT2D eigenvalue weighted by Gasteiger charge is 2.54. The summed E-state index contributed by atoms with van der Waals surface area (Å²) in [6.07, 6.45) is -23.0. The number of aliphatic hydroxyl groups excluding tert-OH is 8. The summed E-state index contributed by atoms with van der Waals surface area (Å²) in [5.74, 6) is -2.99. The largest absolute Gasteiger partial charge is 0.388 e. The summed E-state index contributed by atoms with van der Waals surface area (Å²) >= 11 is 0. The van der Waals surface area contributed by atoms with Gasteiger partial charge < -0.3 is 103 Å². The summed E-state index contributed by atoms with van der Waals surface area (Å²) in [7, 11) is 1.46. The Kier molecular flexibility index (Phi) is 15.8. The predicted octanol–water partition coefficient (Wildman–Crippen LogP) is -10.6. The van der Waals surface area contributed by atoms with E-state index in [-0.39, 0.29) is 13.0 Å². The molecule has 2 saturated heterocycles. The predicted molar refractivity (Wildman–Crippen MR) is 168 cm³/mol. The SMILES string of the molecule is CN[C@@H]1[C@@H](O)[C@@H](O[C@@H]2[C@@H](O)[C@H](O[C@H]3O[C@H](CNC(=O)[C@@H](O)CN)[C@@H](O)[C@H](O)[C@H]3O)[C@@H](NC(=O)[C@@H](O)CN)C[C@H]2NC(=O)[C@@H](O)CN)OC[C@]1(C)O. The molecule has 0 aromatic heterocycles. The number of nitrogens with two attached hydrogens (primary N) is 3. The first-order chi connectivity index (χ1) is 23.9. The first-order valence-electron chi connectivity index (χ1n) is 16.3. The molecule has 0 aromatic rings. The van der Waals surface area contributed by atoms with Crippen molar-refractivity contribution in [1.82, 2.24) is 21.3 Å². The Morgan fingerprint density at radius 1 is 0.765 bits per heavy atom. The fourth-order valence-electron chi connectivity index (χ4n) is 6.11. The van der Waals surface area contributed by atoms with E-state index in [1.807, 2.05) is 0 Å². The van der Waals surface area contributed by atoms with E-state index in [2.05, 4.69) is 21.3 Å². The maximum atomic E-state index is 12.8. The molecule has 0 bridgehead atoms. The molecular formula is C28H53N7O16. The molecule has 0 aromatic carbocycles. The van der Waals surface area contributed by atoms with Gasteiger partial charge in [-0.05, 0) is 20.4 Å². The quantitative estimate of drug-likeness (QED) is 0.0740. The Morgan fingerprint density at radius 2 is 1.25 bits per heavy atom. The van der Waals surface area contributed by atoms with Gasteiger partial charge >= 0.3 is 0 Å². The van der Waals surface area contributed by atoms with Crippen LogP contribution in [0.25, 0.3) is 0 Å². The van der Waals surface area contributed by atoms with Crippen LogP contribution >= 0.6 is 0 Å². The lowest BCUT2D eigenvalue weighted by Crippen LogP contribution is -2.71. The molecule has 296 valence electrons. The van der Waals surface area contributed by atoms with Gasteiger partial charge in [-0.3, -0.25) is 14.4 Å². The standard InChI is InChI=1S/C28H53N7O16/c1-28(47)8-48-26(19(43)22(28)32-2)50-20-9(34-24(45)12(37)5-30)3-10(35-25(46)13(38)6-31)21(18(20)42)51-27-17(41)16(40)15(39)14(49-27)7-33-23(44)11(36)4-29/h9-22,26-27,32,36-43,47H,3-8,29-31H2,1-2H3,(H,33,44)(H,34,45)(H,35,46)/t9-,10+,11+,12+,13+,14-,15-,16+,17-,18-,19-,20+,21-,22-,26-,27-,28+/m1/s1. The summed E-state index contributed by atoms with van der Waals surface area (Å²) in [4.78, 5) is 37.7. The molecule has 23 heteroatoms. The number of rotatable bonds is 15. The highest BCUT2D eigenvalue weighted by molar-refractivity contribution is 5.82. The molecule has 2 aliphatic heterocycles. The summed E-state index contributed by atoms with van der Waals surface area (Å²) < 4.78 is 23.1. The molecule has 2 heterocycles. The van der Waals surface area contributed by atoms with Crippen LogP contribution in [0.5, 0.6) is 0 Å². The lowest BCUT2D eigenvalue weighted by molar-refractivity contribution is -0.331. The van der Waals surface area contributed by atoms with Gasteiger partial charge in [-0.1, -0.05) is 0 Å². The first kappa shape index (κ1) is 43.1. The van der Waals surface area contributed by atoms with Crippen molar-refractivity contribution in [2.24, 2.45) is 17.2 Å². The van der Waals surface area contributed by atoms with Gasteiger partial charge in [0.05, 0.1) is 24.7 Å². The molecule has 3 aliphatic rings. The minimum absolute atomic E-state index is 0.357. The van der Waals surface area contributed by atoms with Gasteiger partial charge in [-0.2, -0.15) is 0 Å². The molecule has 51 heavy (non-hydrogen) atoms. The van der Waals surface area contributed by atoms with Crippen molar-refractivity contribution in [2.75, 3.05) is 39.8 Å². The van der Waals surface area contributed by atoms with Crippen LogP contribution in [0.2, 0.25) is 0 Å². The molecule has 17 atom stereocenters. The minimum Gasteiger partial charge on any atom is -0.388 e. The Bertz CT molecular complexity index is 1160. The second-order valence-corrected chi connectivity index (χ2v) is 13.0. The van der Waals surface area contributed by atoms with Gasteiger partial charge in [0.25, 0.3) is 0 Å². The zero-order valence-electron chi connectivity index (χ0n) is 28.1. The van der Waals surface area contributed by atoms with Crippen LogP contribution in [0, 0.1) is 0 Å². The molecule has 23 nitrogen and oxygen atoms in total. The van der Waals surface area contributed by atoms with Crippen molar-refractivity contribution in [1.29, 1.82) is 0 Å². The van der Waals surface area contributed by atoms with E-state index in [4.69, 9.17) is 36.1 Å². The number of carbonyl (C=O) groups is 3. The summed E-state index contributed by atoms with van der Waals surface area (Å²) in [5.41, 5.74) is 14.6. The maximum Gasteiger partial charge on any atom is 0.250 e. The summed E-state index contributed by atoms with van der Waals surface area (Å²) in [6.45, 7) is -0.922. The van der Waals surface area contributed by atoms with Gasteiger partial charge in [0.1, 0.15) is 72.7 Å². The van der Waals surface area contributed by atoms with Crippen molar-refractivity contribution < 1.29 is 79.3 Å².